The van der Waals surface area contributed by atoms with Crippen molar-refractivity contribution in [3.05, 3.63) is 88.6 Å². The Labute approximate surface area is 450 Å². The summed E-state index contributed by atoms with van der Waals surface area (Å²) in [6.07, 6.45) is 4.01. The SMILES string of the molecule is CC[C@H](NC(=O)[C@H]1C[C@@H](NCCOCCOCCC(=O)N(C)CCn2nc3c(c2C#N)-c2cnc(N)c(n2)N2CCC[C@@H]2c2cc(F)ccc2C(=O)N(C)C3)CN1C(=O)C(NC(=O)[C@@H](C)NC)C(C)(C)C)c1ccccc1. The molecule has 2 aromatic heterocycles. The van der Waals surface area contributed by atoms with Gasteiger partial charge in [-0.05, 0) is 74.4 Å². The Morgan fingerprint density at radius 2 is 1.79 bits per heavy atom. The zero-order valence-electron chi connectivity index (χ0n) is 45.6. The van der Waals surface area contributed by atoms with Crippen molar-refractivity contribution in [2.24, 2.45) is 5.41 Å². The summed E-state index contributed by atoms with van der Waals surface area (Å²) in [6.45, 7) is 12.0. The van der Waals surface area contributed by atoms with Gasteiger partial charge in [0.25, 0.3) is 5.91 Å². The fourth-order valence-corrected chi connectivity index (χ4v) is 10.2. The molecule has 6 N–H and O–H groups in total. The van der Waals surface area contributed by atoms with Gasteiger partial charge in [0, 0.05) is 51.9 Å². The molecule has 2 bridgehead atoms. The number of anilines is 2. The van der Waals surface area contributed by atoms with Gasteiger partial charge in [0.2, 0.25) is 23.6 Å². The van der Waals surface area contributed by atoms with E-state index in [0.29, 0.717) is 72.9 Å². The van der Waals surface area contributed by atoms with E-state index in [0.717, 1.165) is 12.0 Å². The van der Waals surface area contributed by atoms with Gasteiger partial charge in [0.05, 0.1) is 87.2 Å². The average Bonchev–Trinajstić information content (AvgIpc) is 4.19. The smallest absolute Gasteiger partial charge is 0.254 e. The minimum atomic E-state index is -0.876. The van der Waals surface area contributed by atoms with Crippen LogP contribution in [0.5, 0.6) is 0 Å². The van der Waals surface area contributed by atoms with Crippen LogP contribution in [0.2, 0.25) is 0 Å². The minimum Gasteiger partial charge on any atom is -0.381 e. The molecule has 22 heteroatoms. The number of likely N-dealkylation sites (N-methyl/N-ethyl adjacent to an activating group) is 2. The van der Waals surface area contributed by atoms with E-state index in [9.17, 15) is 33.6 Å². The summed E-state index contributed by atoms with van der Waals surface area (Å²) in [4.78, 5) is 84.8. The van der Waals surface area contributed by atoms with Gasteiger partial charge in [0.1, 0.15) is 29.7 Å². The first-order valence-electron chi connectivity index (χ1n) is 26.5. The van der Waals surface area contributed by atoms with E-state index in [1.807, 2.05) is 62.9 Å². The molecule has 77 heavy (non-hydrogen) atoms. The molecule has 0 spiro atoms. The van der Waals surface area contributed by atoms with Crippen molar-refractivity contribution in [3.8, 4) is 17.3 Å². The van der Waals surface area contributed by atoms with Crippen molar-refractivity contribution in [2.45, 2.75) is 116 Å². The highest BCUT2D eigenvalue weighted by Crippen LogP contribution is 2.41. The van der Waals surface area contributed by atoms with Crippen LogP contribution in [0.15, 0.2) is 54.7 Å². The van der Waals surface area contributed by atoms with Crippen LogP contribution in [0.25, 0.3) is 11.3 Å². The number of carbonyl (C=O) groups excluding carboxylic acids is 5. The summed E-state index contributed by atoms with van der Waals surface area (Å²) in [7, 11) is 4.97. The Morgan fingerprint density at radius 1 is 1.05 bits per heavy atom. The van der Waals surface area contributed by atoms with E-state index in [4.69, 9.17) is 25.3 Å². The third kappa shape index (κ3) is 13.7. The van der Waals surface area contributed by atoms with Crippen molar-refractivity contribution in [1.82, 2.24) is 55.7 Å². The molecule has 414 valence electrons. The lowest BCUT2D eigenvalue weighted by molar-refractivity contribution is -0.144. The number of benzene rings is 2. The third-order valence-corrected chi connectivity index (χ3v) is 14.7. The molecular weight excluding hydrogens is 988 g/mol. The minimum absolute atomic E-state index is 0.00455. The Bertz CT molecular complexity index is 2780. The van der Waals surface area contributed by atoms with E-state index in [1.165, 1.54) is 38.9 Å². The number of ether oxygens (including phenoxy) is 2. The Kier molecular flexibility index (Phi) is 19.4. The van der Waals surface area contributed by atoms with Gasteiger partial charge in [-0.2, -0.15) is 10.4 Å². The first kappa shape index (κ1) is 57.6. The van der Waals surface area contributed by atoms with Gasteiger partial charge >= 0.3 is 0 Å². The van der Waals surface area contributed by atoms with Gasteiger partial charge in [-0.15, -0.1) is 0 Å². The Hall–Kier alpha value is -7.06. The highest BCUT2D eigenvalue weighted by atomic mass is 19.1. The molecule has 0 saturated carbocycles. The predicted molar refractivity (Wildman–Crippen MR) is 287 cm³/mol. The van der Waals surface area contributed by atoms with Crippen LogP contribution < -0.4 is 31.9 Å². The number of likely N-dealkylation sites (tertiary alicyclic amines) is 1. The molecule has 21 nitrogen and oxygen atoms in total. The van der Waals surface area contributed by atoms with Crippen LogP contribution in [0.3, 0.4) is 0 Å². The number of nitrogens with two attached hydrogens (primary N) is 1. The van der Waals surface area contributed by atoms with Crippen LogP contribution in [0.1, 0.15) is 112 Å². The second kappa shape index (κ2) is 25.9. The highest BCUT2D eigenvalue weighted by Gasteiger charge is 2.45. The summed E-state index contributed by atoms with van der Waals surface area (Å²) in [5.74, 6) is -1.32. The summed E-state index contributed by atoms with van der Waals surface area (Å²) < 4.78 is 27.9. The largest absolute Gasteiger partial charge is 0.381 e. The molecule has 5 heterocycles. The Balaban J connectivity index is 0.896. The molecule has 3 aliphatic rings. The third-order valence-electron chi connectivity index (χ3n) is 14.7. The van der Waals surface area contributed by atoms with Crippen molar-refractivity contribution >= 4 is 41.2 Å². The van der Waals surface area contributed by atoms with E-state index in [2.05, 4.69) is 32.3 Å². The molecule has 2 fully saturated rings. The first-order chi connectivity index (χ1) is 36.8. The first-order valence-corrected chi connectivity index (χ1v) is 26.5. The number of fused-ring (bicyclic) bond motifs is 8. The summed E-state index contributed by atoms with van der Waals surface area (Å²) in [5.41, 5.74) is 8.96. The average molecular weight is 1060 g/mol. The predicted octanol–water partition coefficient (Wildman–Crippen LogP) is 3.71. The number of rotatable bonds is 21. The fourth-order valence-electron chi connectivity index (χ4n) is 10.2. The number of halogens is 1. The molecule has 0 aliphatic carbocycles. The van der Waals surface area contributed by atoms with Crippen molar-refractivity contribution < 1.29 is 37.8 Å². The maximum atomic E-state index is 14.7. The highest BCUT2D eigenvalue weighted by molar-refractivity contribution is 5.96. The zero-order valence-corrected chi connectivity index (χ0v) is 45.6. The van der Waals surface area contributed by atoms with Gasteiger partial charge in [-0.1, -0.05) is 58.0 Å². The quantitative estimate of drug-likeness (QED) is 0.0746. The molecule has 2 aromatic carbocycles. The van der Waals surface area contributed by atoms with E-state index >= 15 is 0 Å². The number of nitrogen functional groups attached to an aromatic ring is 1. The molecule has 7 rings (SSSR count). The van der Waals surface area contributed by atoms with Crippen LogP contribution >= 0.6 is 0 Å². The maximum absolute atomic E-state index is 14.7. The number of hydrogen-bond donors (Lipinski definition) is 5. The standard InChI is InChI=1S/C55H75FN14O7/c1-9-40(35-14-11-10-12-15-35)63-52(73)44-29-37(32-69(44)54(75)48(55(3,4)5)64-51(72)34(2)59-6)60-20-25-77-27-26-76-24-19-46(71)66(7)22-23-70-45(30-57)47-41-31-61-49(58)50(62-41)68-21-13-16-43(68)39-28-36(56)17-18-38(39)53(74)67(8)33-42(47)65-70/h10-12,14-15,17-18,28,31,34,37,40,43-44,48,59-60H,9,13,16,19-27,29,32-33H2,1-8H3,(H2,58,61)(H,63,73)(H,64,72)/t34-,37-,40+,43-,44-,48?/m1/s1. The van der Waals surface area contributed by atoms with E-state index in [-0.39, 0.29) is 112 Å². The topological polar surface area (TPSA) is 258 Å². The van der Waals surface area contributed by atoms with Crippen LogP contribution in [-0.2, 0) is 41.7 Å². The normalized spacial score (nSPS) is 18.5. The molecule has 4 aromatic rings. The second-order valence-electron chi connectivity index (χ2n) is 21.1. The molecule has 5 amide bonds. The number of hydrogen-bond acceptors (Lipinski definition) is 15. The molecule has 1 unspecified atom stereocenters. The van der Waals surface area contributed by atoms with Gasteiger partial charge in [0.15, 0.2) is 11.6 Å². The van der Waals surface area contributed by atoms with Gasteiger partial charge in [-0.25, -0.2) is 14.4 Å². The number of carbonyl (C=O) groups is 5. The van der Waals surface area contributed by atoms with Crippen LogP contribution in [0, 0.1) is 22.6 Å². The number of amides is 5. The molecule has 2 saturated heterocycles. The molecule has 3 aliphatic heterocycles. The van der Waals surface area contributed by atoms with Gasteiger partial charge < -0.3 is 56.1 Å². The number of nitrogens with one attached hydrogen (secondary N) is 4. The molecule has 6 atom stereocenters. The van der Waals surface area contributed by atoms with E-state index < -0.39 is 29.4 Å². The van der Waals surface area contributed by atoms with Crippen molar-refractivity contribution in [1.29, 1.82) is 5.26 Å². The fraction of sp³-hybridized carbons (Fsp3) is 0.545. The molecule has 0 radical (unpaired) electrons. The number of aromatic nitrogens is 4. The summed E-state index contributed by atoms with van der Waals surface area (Å²) >= 11 is 0. The Morgan fingerprint density at radius 3 is 2.49 bits per heavy atom. The van der Waals surface area contributed by atoms with Crippen molar-refractivity contribution in [2.75, 3.05) is 84.4 Å². The van der Waals surface area contributed by atoms with Crippen LogP contribution in [0.4, 0.5) is 16.0 Å². The lowest BCUT2D eigenvalue weighted by atomic mass is 9.85. The lowest BCUT2D eigenvalue weighted by Crippen LogP contribution is -2.59. The van der Waals surface area contributed by atoms with Gasteiger partial charge in [-0.3, -0.25) is 28.7 Å². The number of nitriles is 1. The van der Waals surface area contributed by atoms with Crippen molar-refractivity contribution in [3.63, 3.8) is 0 Å². The summed E-state index contributed by atoms with van der Waals surface area (Å²) in [6, 6.07) is 13.1. The molecular formula is C55H75FN14O7. The lowest BCUT2D eigenvalue weighted by Gasteiger charge is -2.36. The monoisotopic (exact) mass is 1060 g/mol. The zero-order chi connectivity index (χ0) is 55.6. The summed E-state index contributed by atoms with van der Waals surface area (Å²) in [5, 5.41) is 27.8. The second-order valence-corrected chi connectivity index (χ2v) is 21.1. The van der Waals surface area contributed by atoms with Crippen LogP contribution in [-0.4, -0.2) is 162 Å². The number of nitrogens with zero attached hydrogens (tertiary/aromatic N) is 9. The maximum Gasteiger partial charge on any atom is 0.254 e. The van der Waals surface area contributed by atoms with E-state index in [1.54, 1.807) is 33.0 Å².